The van der Waals surface area contributed by atoms with Gasteiger partial charge >= 0.3 is 0 Å². The van der Waals surface area contributed by atoms with Crippen LogP contribution in [-0.4, -0.2) is 29.2 Å². The average Bonchev–Trinajstić information content (AvgIpc) is 2.79. The Morgan fingerprint density at radius 3 is 2.44 bits per heavy atom. The lowest BCUT2D eigenvalue weighted by atomic mass is 10.0. The molecule has 3 rings (SSSR count). The van der Waals surface area contributed by atoms with Crippen LogP contribution in [0.3, 0.4) is 0 Å². The van der Waals surface area contributed by atoms with Crippen molar-refractivity contribution in [3.8, 4) is 23.4 Å². The van der Waals surface area contributed by atoms with Crippen LogP contribution in [0.5, 0.6) is 17.4 Å². The Kier molecular flexibility index (Phi) is 6.96. The average molecular weight is 432 g/mol. The molecule has 0 saturated carbocycles. The van der Waals surface area contributed by atoms with Crippen LogP contribution in [0, 0.1) is 25.2 Å². The smallest absolute Gasteiger partial charge is 0.271 e. The summed E-state index contributed by atoms with van der Waals surface area (Å²) < 4.78 is 11.8. The molecule has 3 aromatic rings. The highest BCUT2D eigenvalue weighted by Gasteiger charge is 2.24. The Balaban J connectivity index is 1.90. The van der Waals surface area contributed by atoms with Crippen LogP contribution in [0.2, 0.25) is 0 Å². The van der Waals surface area contributed by atoms with Gasteiger partial charge in [0, 0.05) is 6.54 Å². The molecule has 7 heteroatoms. The highest BCUT2D eigenvalue weighted by Crippen LogP contribution is 2.24. The normalized spacial score (nSPS) is 10.4. The molecule has 1 N–H and O–H groups in total. The van der Waals surface area contributed by atoms with E-state index in [1.54, 1.807) is 31.4 Å². The highest BCUT2D eigenvalue weighted by atomic mass is 16.5. The molecule has 1 heterocycles. The van der Waals surface area contributed by atoms with Crippen molar-refractivity contribution in [2.24, 2.45) is 0 Å². The number of rotatable bonds is 8. The number of hydrogen-bond donors (Lipinski definition) is 1. The van der Waals surface area contributed by atoms with Crippen LogP contribution in [-0.2, 0) is 13.0 Å². The quantitative estimate of drug-likeness (QED) is 0.546. The Morgan fingerprint density at radius 2 is 1.81 bits per heavy atom. The fourth-order valence-corrected chi connectivity index (χ4v) is 3.46. The summed E-state index contributed by atoms with van der Waals surface area (Å²) in [6.07, 6.45) is 0.415. The molecule has 32 heavy (non-hydrogen) atoms. The molecule has 0 amide bonds. The van der Waals surface area contributed by atoms with Crippen molar-refractivity contribution in [3.05, 3.63) is 86.7 Å². The molecule has 0 fully saturated rings. The fourth-order valence-electron chi connectivity index (χ4n) is 3.46. The molecule has 0 atom stereocenters. The Hall–Kier alpha value is -4.05. The van der Waals surface area contributed by atoms with Gasteiger partial charge in [0.25, 0.3) is 5.56 Å². The number of nitrogens with zero attached hydrogens (tertiary/aromatic N) is 2. The van der Waals surface area contributed by atoms with Gasteiger partial charge in [-0.25, -0.2) is 0 Å². The monoisotopic (exact) mass is 432 g/mol. The van der Waals surface area contributed by atoms with E-state index in [9.17, 15) is 20.0 Å². The lowest BCUT2D eigenvalue weighted by Crippen LogP contribution is -2.28. The second-order valence-electron chi connectivity index (χ2n) is 7.34. The summed E-state index contributed by atoms with van der Waals surface area (Å²) in [6, 6.07) is 16.4. The summed E-state index contributed by atoms with van der Waals surface area (Å²) in [5.74, 6) is 0.278. The maximum atomic E-state index is 12.9. The minimum absolute atomic E-state index is 0.0792. The number of aromatic nitrogens is 1. The molecule has 2 aromatic carbocycles. The van der Waals surface area contributed by atoms with Crippen molar-refractivity contribution >= 4 is 5.78 Å². The van der Waals surface area contributed by atoms with E-state index in [1.165, 1.54) is 6.92 Å². The molecule has 0 aliphatic heterocycles. The summed E-state index contributed by atoms with van der Waals surface area (Å²) in [6.45, 7) is 3.11. The van der Waals surface area contributed by atoms with Crippen molar-refractivity contribution in [2.75, 3.05) is 13.7 Å². The predicted octanol–water partition coefficient (Wildman–Crippen LogP) is 3.56. The number of carbonyl (C=O) groups is 1. The van der Waals surface area contributed by atoms with Crippen LogP contribution in [0.4, 0.5) is 0 Å². The van der Waals surface area contributed by atoms with E-state index >= 15 is 0 Å². The van der Waals surface area contributed by atoms with Gasteiger partial charge in [0.2, 0.25) is 11.7 Å². The summed E-state index contributed by atoms with van der Waals surface area (Å²) in [7, 11) is 1.57. The third-order valence-electron chi connectivity index (χ3n) is 5.31. The number of ether oxygens (including phenoxy) is 2. The highest BCUT2D eigenvalue weighted by molar-refractivity contribution is 6.01. The van der Waals surface area contributed by atoms with E-state index in [0.717, 1.165) is 15.7 Å². The minimum Gasteiger partial charge on any atom is -0.497 e. The molecule has 164 valence electrons. The van der Waals surface area contributed by atoms with Gasteiger partial charge < -0.3 is 14.6 Å². The molecule has 1 aromatic heterocycles. The molecule has 0 aliphatic rings. The van der Waals surface area contributed by atoms with Crippen molar-refractivity contribution in [2.45, 2.75) is 26.8 Å². The topological polar surface area (TPSA) is 102 Å². The van der Waals surface area contributed by atoms with E-state index in [0.29, 0.717) is 17.9 Å². The van der Waals surface area contributed by atoms with Crippen LogP contribution in [0.15, 0.2) is 53.3 Å². The van der Waals surface area contributed by atoms with Gasteiger partial charge in [-0.05, 0) is 55.2 Å². The van der Waals surface area contributed by atoms with Gasteiger partial charge in [0.15, 0.2) is 6.61 Å². The van der Waals surface area contributed by atoms with Crippen molar-refractivity contribution in [1.82, 2.24) is 4.57 Å². The van der Waals surface area contributed by atoms with E-state index in [-0.39, 0.29) is 29.8 Å². The second-order valence-corrected chi connectivity index (χ2v) is 7.34. The number of aromatic hydroxyl groups is 1. The minimum atomic E-state index is -0.632. The number of para-hydroxylation sites is 1. The molecule has 0 aliphatic carbocycles. The molecule has 7 nitrogen and oxygen atoms in total. The number of Topliss-reactive ketones (excluding diaryl/α,β-unsaturated/α-hetero) is 1. The summed E-state index contributed by atoms with van der Waals surface area (Å²) >= 11 is 0. The van der Waals surface area contributed by atoms with Crippen molar-refractivity contribution in [1.29, 1.82) is 5.26 Å². The van der Waals surface area contributed by atoms with Crippen molar-refractivity contribution in [3.63, 3.8) is 0 Å². The zero-order valence-electron chi connectivity index (χ0n) is 18.2. The van der Waals surface area contributed by atoms with Gasteiger partial charge in [-0.2, -0.15) is 5.26 Å². The SMILES string of the molecule is COc1ccc(CCn2c(O)c(C(=O)COc3ccccc3C)c(C)c(C#N)c2=O)cc1. The van der Waals surface area contributed by atoms with Gasteiger partial charge in [0.1, 0.15) is 23.1 Å². The predicted molar refractivity (Wildman–Crippen MR) is 120 cm³/mol. The second kappa shape index (κ2) is 9.84. The first-order chi connectivity index (χ1) is 15.4. The molecule has 0 unspecified atom stereocenters. The first-order valence-corrected chi connectivity index (χ1v) is 10.1. The third kappa shape index (κ3) is 4.65. The zero-order valence-corrected chi connectivity index (χ0v) is 18.2. The third-order valence-corrected chi connectivity index (χ3v) is 5.31. The van der Waals surface area contributed by atoms with E-state index in [2.05, 4.69) is 0 Å². The van der Waals surface area contributed by atoms with Gasteiger partial charge in [-0.15, -0.1) is 0 Å². The Morgan fingerprint density at radius 1 is 1.12 bits per heavy atom. The zero-order chi connectivity index (χ0) is 23.3. The number of benzene rings is 2. The molecule has 0 spiro atoms. The molecule has 0 radical (unpaired) electrons. The number of ketones is 1. The summed E-state index contributed by atoms with van der Waals surface area (Å²) in [5, 5.41) is 20.3. The maximum Gasteiger partial charge on any atom is 0.271 e. The standard InChI is InChI=1S/C25H24N2O5/c1-16-6-4-5-7-22(16)32-15-21(28)23-17(2)20(14-26)24(29)27(25(23)30)13-12-18-8-10-19(31-3)11-9-18/h4-11,30H,12-13,15H2,1-3H3. The molecular weight excluding hydrogens is 408 g/mol. The van der Waals surface area contributed by atoms with E-state index in [4.69, 9.17) is 9.47 Å². The lowest BCUT2D eigenvalue weighted by Gasteiger charge is -2.16. The van der Waals surface area contributed by atoms with Crippen LogP contribution >= 0.6 is 0 Å². The van der Waals surface area contributed by atoms with Gasteiger partial charge in [-0.1, -0.05) is 30.3 Å². The van der Waals surface area contributed by atoms with E-state index in [1.807, 2.05) is 37.3 Å². The number of pyridine rings is 1. The first-order valence-electron chi connectivity index (χ1n) is 10.1. The number of carbonyl (C=O) groups excluding carboxylic acids is 1. The summed E-state index contributed by atoms with van der Waals surface area (Å²) in [4.78, 5) is 25.7. The van der Waals surface area contributed by atoms with Gasteiger partial charge in [0.05, 0.1) is 12.7 Å². The van der Waals surface area contributed by atoms with Crippen molar-refractivity contribution < 1.29 is 19.4 Å². The van der Waals surface area contributed by atoms with Crippen LogP contribution in [0.1, 0.15) is 32.6 Å². The number of methoxy groups -OCH3 is 1. The van der Waals surface area contributed by atoms with E-state index < -0.39 is 17.2 Å². The Bertz CT molecular complexity index is 1240. The Labute approximate surface area is 186 Å². The molecule has 0 bridgehead atoms. The maximum absolute atomic E-state index is 12.9. The lowest BCUT2D eigenvalue weighted by molar-refractivity contribution is 0.0916. The molecular formula is C25H24N2O5. The van der Waals surface area contributed by atoms with Crippen LogP contribution in [0.25, 0.3) is 0 Å². The number of nitriles is 1. The number of hydrogen-bond acceptors (Lipinski definition) is 6. The number of aryl methyl sites for hydroxylation is 2. The fraction of sp³-hybridized carbons (Fsp3) is 0.240. The molecule has 0 saturated heterocycles. The van der Waals surface area contributed by atoms with Gasteiger partial charge in [-0.3, -0.25) is 14.2 Å². The van der Waals surface area contributed by atoms with Crippen LogP contribution < -0.4 is 15.0 Å². The first kappa shape index (κ1) is 22.6. The summed E-state index contributed by atoms with van der Waals surface area (Å²) in [5.41, 5.74) is 1.04. The largest absolute Gasteiger partial charge is 0.497 e.